The number of hydrogen-bond donors (Lipinski definition) is 1. The number of hydrogen-bond acceptors (Lipinski definition) is 12. The molecule has 0 amide bonds. The van der Waals surface area contributed by atoms with E-state index in [1.165, 1.54) is 66.9 Å². The van der Waals surface area contributed by atoms with Crippen molar-refractivity contribution in [2.75, 3.05) is 118 Å². The van der Waals surface area contributed by atoms with Crippen LogP contribution in [0.15, 0.2) is 0 Å². The van der Waals surface area contributed by atoms with Gasteiger partial charge in [-0.05, 0) is 291 Å². The molecule has 11 saturated heterocycles. The second-order valence-electron chi connectivity index (χ2n) is 49.4. The highest BCUT2D eigenvalue weighted by atomic mass is 19.3. The number of nitrogens with two attached hydrogens (primary N) is 1. The fraction of sp³-hybridized carbons (Fsp3) is 1.00. The summed E-state index contributed by atoms with van der Waals surface area (Å²) in [6.45, 7) is 112. The predicted molar refractivity (Wildman–Crippen MR) is 542 cm³/mol. The molecule has 0 aromatic rings. The van der Waals surface area contributed by atoms with Gasteiger partial charge in [-0.1, -0.05) is 159 Å². The predicted octanol–water partition coefficient (Wildman–Crippen LogP) is 26.8. The van der Waals surface area contributed by atoms with E-state index in [0.717, 1.165) is 105 Å². The molecule has 0 aromatic heterocycles. The summed E-state index contributed by atoms with van der Waals surface area (Å²) >= 11 is 0. The topological polar surface area (TPSA) is 61.7 Å². The van der Waals surface area contributed by atoms with E-state index in [1.807, 2.05) is 143 Å². The zero-order valence-corrected chi connectivity index (χ0v) is 93.4. The quantitative estimate of drug-likeness (QED) is 0.0830. The van der Waals surface area contributed by atoms with Crippen LogP contribution in [0.5, 0.6) is 0 Å². The third-order valence-electron chi connectivity index (χ3n) is 32.2. The highest BCUT2D eigenvalue weighted by Crippen LogP contribution is 2.45. The Morgan fingerprint density at radius 2 is 0.508 bits per heavy atom. The van der Waals surface area contributed by atoms with Gasteiger partial charge in [0, 0.05) is 208 Å². The van der Waals surface area contributed by atoms with Crippen molar-refractivity contribution in [3.63, 3.8) is 0 Å². The van der Waals surface area contributed by atoms with Gasteiger partial charge in [0.25, 0.3) is 5.92 Å². The second kappa shape index (κ2) is 55.3. The molecule has 11 aliphatic heterocycles. The molecule has 780 valence electrons. The fourth-order valence-electron chi connectivity index (χ4n) is 19.2. The van der Waals surface area contributed by atoms with Crippen molar-refractivity contribution in [1.29, 1.82) is 0 Å². The molecule has 0 bridgehead atoms. The van der Waals surface area contributed by atoms with E-state index in [2.05, 4.69) is 207 Å². The molecule has 11 fully saturated rings. The van der Waals surface area contributed by atoms with Gasteiger partial charge in [0.05, 0.1) is 6.54 Å². The summed E-state index contributed by atoms with van der Waals surface area (Å²) in [6.07, 6.45) is 4.86. The molecule has 5 unspecified atom stereocenters. The first-order valence-corrected chi connectivity index (χ1v) is 53.0. The molecule has 12 nitrogen and oxygen atoms in total. The molecule has 0 aliphatic carbocycles. The third kappa shape index (κ3) is 40.1. The van der Waals surface area contributed by atoms with E-state index >= 15 is 0 Å². The smallest absolute Gasteiger partial charge is 0.305 e. The van der Waals surface area contributed by atoms with Crippen molar-refractivity contribution >= 4 is 0 Å². The van der Waals surface area contributed by atoms with Crippen molar-refractivity contribution in [3.8, 4) is 0 Å². The van der Waals surface area contributed by atoms with Crippen molar-refractivity contribution in [3.05, 3.63) is 0 Å². The van der Waals surface area contributed by atoms with Gasteiger partial charge in [-0.15, -0.1) is 0 Å². The minimum absolute atomic E-state index is 0.0306. The van der Waals surface area contributed by atoms with Crippen LogP contribution in [0.25, 0.3) is 0 Å². The summed E-state index contributed by atoms with van der Waals surface area (Å²) in [7, 11) is 0. The molecule has 0 saturated carbocycles. The lowest BCUT2D eigenvalue weighted by atomic mass is 9.72. The summed E-state index contributed by atoms with van der Waals surface area (Å²) in [5, 5.41) is 0. The SMILES string of the molecule is CC(C)C1CCN(C(C)C)C(F)(F)C1.CC(C)C1CCN(C(C)C)C(F)(F)C1.CC(C)C1CCN(C(C)C)C(F)(F)C1.CC(C)C1CCN(C(C)C)CC1(F)F.CC(C)C1CCN1C(C)C.CC(C)C1CN(C(C)C)C1.CC(C)C1CN(C(C)C)C1.CC(C)N1CC(C)(C(C)C)C1.CC(C)N1CC(F)(C(C)C)C1.CC(C)N1CC(F)(C(C)C)C1.CC(C)N1CC(N)(C(C)C)C1. The Balaban J connectivity index is 0.000000717. The maximum Gasteiger partial charge on any atom is 0.305 e. The van der Waals surface area contributed by atoms with Gasteiger partial charge in [-0.25, -0.2) is 32.3 Å². The molecule has 130 heavy (non-hydrogen) atoms. The van der Waals surface area contributed by atoms with Crippen LogP contribution in [0.2, 0.25) is 0 Å². The van der Waals surface area contributed by atoms with E-state index in [1.54, 1.807) is 0 Å². The minimum Gasteiger partial charge on any atom is -0.323 e. The van der Waals surface area contributed by atoms with Gasteiger partial charge < -0.3 is 15.5 Å². The number of piperidine rings is 4. The van der Waals surface area contributed by atoms with Crippen molar-refractivity contribution in [2.24, 2.45) is 112 Å². The van der Waals surface area contributed by atoms with Gasteiger partial charge in [0.2, 0.25) is 0 Å². The van der Waals surface area contributed by atoms with Gasteiger partial charge >= 0.3 is 18.1 Å². The van der Waals surface area contributed by atoms with Gasteiger partial charge in [-0.2, -0.15) is 26.3 Å². The fourth-order valence-corrected chi connectivity index (χ4v) is 19.2. The molecule has 22 heteroatoms. The van der Waals surface area contributed by atoms with Gasteiger partial charge in [-0.3, -0.25) is 29.4 Å². The second-order valence-corrected chi connectivity index (χ2v) is 49.4. The zero-order valence-electron chi connectivity index (χ0n) is 93.4. The highest BCUT2D eigenvalue weighted by molar-refractivity contribution is 5.04. The molecular weight excluding hydrogens is 1660 g/mol. The van der Waals surface area contributed by atoms with E-state index in [9.17, 15) is 43.9 Å². The Labute approximate surface area is 799 Å². The van der Waals surface area contributed by atoms with Crippen LogP contribution in [0.1, 0.15) is 363 Å². The van der Waals surface area contributed by atoms with E-state index in [4.69, 9.17) is 5.73 Å². The maximum atomic E-state index is 13.7. The first-order chi connectivity index (χ1) is 59.0. The number of alkyl halides is 10. The zero-order chi connectivity index (χ0) is 101. The lowest BCUT2D eigenvalue weighted by Gasteiger charge is -2.52. The number of halogens is 10. The van der Waals surface area contributed by atoms with Crippen LogP contribution in [-0.2, 0) is 0 Å². The normalized spacial score (nSPS) is 26.1. The molecule has 0 radical (unpaired) electrons. The maximum absolute atomic E-state index is 13.7. The molecule has 11 rings (SSSR count). The van der Waals surface area contributed by atoms with Crippen molar-refractivity contribution in [1.82, 2.24) is 53.9 Å². The average molecular weight is 1870 g/mol. The van der Waals surface area contributed by atoms with Crippen LogP contribution in [0.3, 0.4) is 0 Å². The summed E-state index contributed by atoms with van der Waals surface area (Å²) in [6, 6.07) is -2.19. The Morgan fingerprint density at radius 1 is 0.238 bits per heavy atom. The number of nitrogens with zero attached hydrogens (tertiary/aromatic N) is 11. The molecule has 2 N–H and O–H groups in total. The monoisotopic (exact) mass is 1870 g/mol. The van der Waals surface area contributed by atoms with Crippen LogP contribution >= 0.6 is 0 Å². The first-order valence-electron chi connectivity index (χ1n) is 53.0. The Bertz CT molecular complexity index is 2580. The van der Waals surface area contributed by atoms with E-state index in [0.29, 0.717) is 99.4 Å². The number of likely N-dealkylation sites (tertiary alicyclic amines) is 11. The summed E-state index contributed by atoms with van der Waals surface area (Å²) < 4.78 is 137. The summed E-state index contributed by atoms with van der Waals surface area (Å²) in [5.74, 6) is 5.13. The molecule has 11 aliphatic rings. The standard InChI is InChI=1S/4C11H21F2N.C10H21N.2C9H18FN.C9H20N2.3C9H19N/c1-8(2)10-5-6-14(9(3)4)7-11(10,12)13;3*1-8(2)10-5-6-14(9(3)4)11(12,13)7-10;1-8(2)10(5)6-11(7-10)9(3)4;3*1-7(2)9(10)5-11(6-9)8(3)4;2*1-7(2)9-5-10(6-9)8(3)4;1-7(2)9-5-6-10(9)8(3)4/h4*8-10H,5-7H2,1-4H3;8-9H,6-7H2,1-5H3;2*7-8H,5-6H2,1-4H3;7-8H,5-6,10H2,1-4H3;3*7-9H,5-6H2,1-4H3. The molecular formula is C108H218F10N12. The lowest BCUT2D eigenvalue weighted by Crippen LogP contribution is -2.71. The number of rotatable bonds is 22. The Morgan fingerprint density at radius 3 is 0.685 bits per heavy atom. The molecule has 11 heterocycles. The van der Waals surface area contributed by atoms with Crippen LogP contribution < -0.4 is 5.73 Å². The van der Waals surface area contributed by atoms with Gasteiger partial charge in [0.1, 0.15) is 11.3 Å². The summed E-state index contributed by atoms with van der Waals surface area (Å²) in [4.78, 5) is 22.8. The van der Waals surface area contributed by atoms with E-state index < -0.39 is 41.3 Å². The Kier molecular flexibility index (Phi) is 53.9. The van der Waals surface area contributed by atoms with Gasteiger partial charge in [0.15, 0.2) is 0 Å². The first kappa shape index (κ1) is 127. The van der Waals surface area contributed by atoms with Crippen LogP contribution in [0, 0.1) is 106 Å². The van der Waals surface area contributed by atoms with E-state index in [-0.39, 0.29) is 91.0 Å². The molecule has 0 spiro atoms. The van der Waals surface area contributed by atoms with Crippen molar-refractivity contribution in [2.45, 2.75) is 476 Å². The third-order valence-corrected chi connectivity index (χ3v) is 32.2. The highest BCUT2D eigenvalue weighted by Gasteiger charge is 2.52. The minimum atomic E-state index is -2.60. The Hall–Kier alpha value is -1.18. The lowest BCUT2D eigenvalue weighted by molar-refractivity contribution is -0.196. The molecule has 0 aromatic carbocycles. The van der Waals surface area contributed by atoms with Crippen LogP contribution in [-0.4, -0.2) is 285 Å². The largest absolute Gasteiger partial charge is 0.323 e. The van der Waals surface area contributed by atoms with Crippen LogP contribution in [0.4, 0.5) is 43.9 Å². The van der Waals surface area contributed by atoms with Crippen molar-refractivity contribution < 1.29 is 43.9 Å². The summed E-state index contributed by atoms with van der Waals surface area (Å²) in [5.41, 5.74) is 5.04. The average Bonchev–Trinajstić information content (AvgIpc) is 0.775. The molecule has 5 atom stereocenters.